The van der Waals surface area contributed by atoms with Gasteiger partial charge in [0.2, 0.25) is 0 Å². The van der Waals surface area contributed by atoms with Gasteiger partial charge in [0.1, 0.15) is 0 Å². The summed E-state index contributed by atoms with van der Waals surface area (Å²) in [6.45, 7) is 0. The second-order valence-corrected chi connectivity index (χ2v) is 14.1. The number of benzene rings is 8. The first kappa shape index (κ1) is 31.9. The number of para-hydroxylation sites is 2. The van der Waals surface area contributed by atoms with Gasteiger partial charge in [0.15, 0.2) is 17.5 Å². The number of aromatic nitrogens is 5. The predicted molar refractivity (Wildman–Crippen MR) is 230 cm³/mol. The number of rotatable bonds is 6. The molecule has 0 spiro atoms. The van der Waals surface area contributed by atoms with Gasteiger partial charge in [0.05, 0.1) is 16.6 Å². The Hall–Kier alpha value is -7.63. The van der Waals surface area contributed by atoms with Gasteiger partial charge in [0, 0.05) is 55.8 Å². The van der Waals surface area contributed by atoms with Crippen LogP contribution in [0.3, 0.4) is 0 Å². The lowest BCUT2D eigenvalue weighted by Crippen LogP contribution is -2.00. The van der Waals surface area contributed by atoms with Crippen molar-refractivity contribution in [1.82, 2.24) is 24.1 Å². The summed E-state index contributed by atoms with van der Waals surface area (Å²) in [4.78, 5) is 14.9. The maximum Gasteiger partial charge on any atom is 0.164 e. The van der Waals surface area contributed by atoms with Crippen molar-refractivity contribution in [2.24, 2.45) is 0 Å². The summed E-state index contributed by atoms with van der Waals surface area (Å²) >= 11 is 0. The molecule has 0 aliphatic carbocycles. The van der Waals surface area contributed by atoms with Gasteiger partial charge in [-0.1, -0.05) is 140 Å². The normalized spacial score (nSPS) is 11.6. The van der Waals surface area contributed by atoms with Crippen molar-refractivity contribution in [2.75, 3.05) is 0 Å². The van der Waals surface area contributed by atoms with E-state index in [2.05, 4.69) is 149 Å². The summed E-state index contributed by atoms with van der Waals surface area (Å²) in [7, 11) is 0. The van der Waals surface area contributed by atoms with Gasteiger partial charge >= 0.3 is 0 Å². The van der Waals surface area contributed by atoms with E-state index in [4.69, 9.17) is 15.0 Å². The minimum atomic E-state index is 0.637. The maximum absolute atomic E-state index is 5.02. The quantitative estimate of drug-likeness (QED) is 0.172. The van der Waals surface area contributed by atoms with Gasteiger partial charge in [0.25, 0.3) is 0 Å². The second kappa shape index (κ2) is 13.0. The molecule has 3 heterocycles. The van der Waals surface area contributed by atoms with E-state index in [0.29, 0.717) is 17.5 Å². The molecule has 0 atom stereocenters. The minimum Gasteiger partial charge on any atom is -0.316 e. The summed E-state index contributed by atoms with van der Waals surface area (Å²) in [5, 5.41) is 6.10. The topological polar surface area (TPSA) is 48.5 Å². The molecule has 0 saturated carbocycles. The van der Waals surface area contributed by atoms with Crippen LogP contribution in [-0.4, -0.2) is 24.1 Å². The van der Waals surface area contributed by atoms with E-state index >= 15 is 0 Å². The maximum atomic E-state index is 5.02. The first-order chi connectivity index (χ1) is 27.8. The fourth-order valence-electron chi connectivity index (χ4n) is 8.17. The van der Waals surface area contributed by atoms with E-state index in [1.807, 2.05) is 60.7 Å². The summed E-state index contributed by atoms with van der Waals surface area (Å²) < 4.78 is 4.70. The van der Waals surface area contributed by atoms with E-state index in [9.17, 15) is 0 Å². The van der Waals surface area contributed by atoms with E-state index < -0.39 is 0 Å². The molecule has 0 bridgehead atoms. The zero-order valence-electron chi connectivity index (χ0n) is 30.3. The highest BCUT2D eigenvalue weighted by Crippen LogP contribution is 2.41. The average Bonchev–Trinajstić information content (AvgIpc) is 3.87. The molecule has 0 aliphatic heterocycles. The lowest BCUT2D eigenvalue weighted by atomic mass is 9.98. The first-order valence-electron chi connectivity index (χ1n) is 18.9. The van der Waals surface area contributed by atoms with Crippen LogP contribution in [0.1, 0.15) is 0 Å². The van der Waals surface area contributed by atoms with Gasteiger partial charge in [-0.15, -0.1) is 0 Å². The molecule has 0 radical (unpaired) electrons. The SMILES string of the molecule is c1ccc(-c2nc(-c3ccccc3)nc(-c3cccc(-c4ccc5c(c4)c4c6ccc7ccn(-c8ccccc8)c7c6ccc4n5-c4ccccc4)c3)n2)cc1. The van der Waals surface area contributed by atoms with Crippen molar-refractivity contribution in [2.45, 2.75) is 0 Å². The van der Waals surface area contributed by atoms with Crippen LogP contribution in [0.4, 0.5) is 0 Å². The Bertz CT molecular complexity index is 3160. The first-order valence-corrected chi connectivity index (χ1v) is 18.9. The molecule has 0 aliphatic rings. The van der Waals surface area contributed by atoms with Crippen LogP contribution in [0.25, 0.3) is 100 Å². The standard InChI is InChI=1S/C51H33N5/c1-5-14-35(15-6-1)49-52-50(36-16-7-2-8-17-36)54-51(53-49)39-19-13-18-37(32-39)38-25-28-45-44(33-38)47-42-26-24-34-30-31-55(40-20-9-3-10-21-40)48(34)43(42)27-29-46(47)56(45)41-22-11-4-12-23-41/h1-33H. The van der Waals surface area contributed by atoms with Crippen LogP contribution in [0.5, 0.6) is 0 Å². The molecular weight excluding hydrogens is 683 g/mol. The number of nitrogens with zero attached hydrogens (tertiary/aromatic N) is 5. The Morgan fingerprint density at radius 3 is 1.55 bits per heavy atom. The van der Waals surface area contributed by atoms with Gasteiger partial charge in [-0.3, -0.25) is 0 Å². The molecule has 0 saturated heterocycles. The molecule has 0 unspecified atom stereocenters. The molecular formula is C51H33N5. The minimum absolute atomic E-state index is 0.637. The van der Waals surface area contributed by atoms with E-state index in [1.54, 1.807) is 0 Å². The molecule has 11 rings (SSSR count). The van der Waals surface area contributed by atoms with Crippen LogP contribution < -0.4 is 0 Å². The molecule has 0 N–H and O–H groups in total. The third-order valence-electron chi connectivity index (χ3n) is 10.8. The Morgan fingerprint density at radius 1 is 0.339 bits per heavy atom. The van der Waals surface area contributed by atoms with Crippen LogP contribution in [0, 0.1) is 0 Å². The molecule has 5 nitrogen and oxygen atoms in total. The van der Waals surface area contributed by atoms with E-state index in [-0.39, 0.29) is 0 Å². The third-order valence-corrected chi connectivity index (χ3v) is 10.8. The zero-order chi connectivity index (χ0) is 37.0. The zero-order valence-corrected chi connectivity index (χ0v) is 30.3. The monoisotopic (exact) mass is 715 g/mol. The molecule has 5 heteroatoms. The smallest absolute Gasteiger partial charge is 0.164 e. The van der Waals surface area contributed by atoms with Crippen molar-refractivity contribution in [3.05, 3.63) is 200 Å². The Labute approximate surface area is 323 Å². The fraction of sp³-hybridized carbons (Fsp3) is 0. The highest BCUT2D eigenvalue weighted by atomic mass is 15.0. The van der Waals surface area contributed by atoms with Crippen LogP contribution in [-0.2, 0) is 0 Å². The lowest BCUT2D eigenvalue weighted by Gasteiger charge is -2.10. The number of fused-ring (bicyclic) bond motifs is 7. The van der Waals surface area contributed by atoms with E-state index in [1.165, 1.54) is 38.0 Å². The summed E-state index contributed by atoms with van der Waals surface area (Å²) in [6, 6.07) is 68.3. The molecule has 3 aromatic heterocycles. The Morgan fingerprint density at radius 2 is 0.875 bits per heavy atom. The average molecular weight is 716 g/mol. The lowest BCUT2D eigenvalue weighted by molar-refractivity contribution is 1.07. The van der Waals surface area contributed by atoms with Gasteiger partial charge in [-0.05, 0) is 71.1 Å². The molecule has 0 fully saturated rings. The predicted octanol–water partition coefficient (Wildman–Crippen LogP) is 12.7. The molecule has 8 aromatic carbocycles. The molecule has 11 aromatic rings. The van der Waals surface area contributed by atoms with Crippen LogP contribution >= 0.6 is 0 Å². The summed E-state index contributed by atoms with van der Waals surface area (Å²) in [6.07, 6.45) is 2.18. The van der Waals surface area contributed by atoms with Gasteiger partial charge < -0.3 is 9.13 Å². The van der Waals surface area contributed by atoms with E-state index in [0.717, 1.165) is 44.7 Å². The van der Waals surface area contributed by atoms with Crippen molar-refractivity contribution in [3.8, 4) is 56.7 Å². The van der Waals surface area contributed by atoms with Crippen LogP contribution in [0.2, 0.25) is 0 Å². The van der Waals surface area contributed by atoms with Crippen molar-refractivity contribution in [3.63, 3.8) is 0 Å². The van der Waals surface area contributed by atoms with Gasteiger partial charge in [-0.25, -0.2) is 15.0 Å². The fourth-order valence-corrected chi connectivity index (χ4v) is 8.17. The second-order valence-electron chi connectivity index (χ2n) is 14.1. The van der Waals surface area contributed by atoms with Crippen molar-refractivity contribution in [1.29, 1.82) is 0 Å². The van der Waals surface area contributed by atoms with Crippen LogP contribution in [0.15, 0.2) is 200 Å². The molecule has 262 valence electrons. The van der Waals surface area contributed by atoms with Crippen molar-refractivity contribution >= 4 is 43.5 Å². The highest BCUT2D eigenvalue weighted by Gasteiger charge is 2.19. The number of hydrogen-bond acceptors (Lipinski definition) is 3. The molecule has 56 heavy (non-hydrogen) atoms. The largest absolute Gasteiger partial charge is 0.316 e. The number of hydrogen-bond donors (Lipinski definition) is 0. The summed E-state index contributed by atoms with van der Waals surface area (Å²) in [5.41, 5.74) is 10.9. The highest BCUT2D eigenvalue weighted by molar-refractivity contribution is 6.25. The third kappa shape index (κ3) is 5.29. The molecule has 0 amide bonds. The summed E-state index contributed by atoms with van der Waals surface area (Å²) in [5.74, 6) is 1.93. The van der Waals surface area contributed by atoms with Gasteiger partial charge in [-0.2, -0.15) is 0 Å². The van der Waals surface area contributed by atoms with Crippen molar-refractivity contribution < 1.29 is 0 Å². The Balaban J connectivity index is 1.12. The Kier molecular flexibility index (Phi) is 7.42.